The quantitative estimate of drug-likeness (QED) is 0.420. The molecule has 3 fully saturated rings. The first-order chi connectivity index (χ1) is 12.6. The van der Waals surface area contributed by atoms with Crippen molar-refractivity contribution in [2.24, 2.45) is 22.7 Å². The van der Waals surface area contributed by atoms with Gasteiger partial charge in [-0.25, -0.2) is 4.99 Å². The molecule has 0 aromatic heterocycles. The lowest BCUT2D eigenvalue weighted by Gasteiger charge is -2.54. The van der Waals surface area contributed by atoms with Crippen molar-refractivity contribution in [3.63, 3.8) is 0 Å². The van der Waals surface area contributed by atoms with Gasteiger partial charge in [0.2, 0.25) is 0 Å². The predicted molar refractivity (Wildman–Crippen MR) is 113 cm³/mol. The van der Waals surface area contributed by atoms with E-state index >= 15 is 0 Å². The van der Waals surface area contributed by atoms with Gasteiger partial charge in [0.25, 0.3) is 0 Å². The molecule has 0 amide bonds. The average Bonchev–Trinajstić information content (AvgIpc) is 3.01. The summed E-state index contributed by atoms with van der Waals surface area (Å²) in [5.74, 6) is 0.912. The summed E-state index contributed by atoms with van der Waals surface area (Å²) >= 11 is 4.95. The molecule has 0 aromatic carbocycles. The number of thiocarbonyl (C=S) groups is 1. The summed E-state index contributed by atoms with van der Waals surface area (Å²) in [6.07, 6.45) is 5.94. The van der Waals surface area contributed by atoms with Crippen molar-refractivity contribution >= 4 is 17.4 Å². The van der Waals surface area contributed by atoms with Crippen molar-refractivity contribution < 1.29 is 9.84 Å². The number of isothiocyanates is 1. The third-order valence-corrected chi connectivity index (χ3v) is 7.95. The number of fused-ring (bicyclic) bond motifs is 1. The minimum Gasteiger partial charge on any atom is -0.658 e. The molecule has 0 radical (unpaired) electrons. The SMILES string of the molecule is C=C1CC[C@H]([C@@]2(C)CC[C@@H](C(C)(C)[N-]C)O2)[C@@H]2[C@@H]1CC[C@@](C)(O)[C@@H]2N=C=S. The molecule has 0 aromatic rings. The van der Waals surface area contributed by atoms with E-state index in [0.29, 0.717) is 11.8 Å². The fourth-order valence-electron chi connectivity index (χ4n) is 5.89. The van der Waals surface area contributed by atoms with E-state index in [1.165, 1.54) is 5.57 Å². The number of hydrogen-bond donors (Lipinski definition) is 1. The minimum atomic E-state index is -0.852. The Labute approximate surface area is 169 Å². The highest BCUT2D eigenvalue weighted by atomic mass is 32.1. The molecule has 5 heteroatoms. The lowest BCUT2D eigenvalue weighted by Crippen LogP contribution is -2.58. The number of likely N-dealkylation sites (N-methyl/N-ethyl adjacent to an activating group) is 1. The predicted octanol–water partition coefficient (Wildman–Crippen LogP) is 4.92. The first-order valence-electron chi connectivity index (χ1n) is 10.3. The van der Waals surface area contributed by atoms with Gasteiger partial charge in [-0.15, -0.1) is 5.54 Å². The number of hydrogen-bond acceptors (Lipinski definition) is 4. The van der Waals surface area contributed by atoms with Crippen molar-refractivity contribution in [1.82, 2.24) is 0 Å². The van der Waals surface area contributed by atoms with Crippen molar-refractivity contribution in [2.45, 2.75) is 95.1 Å². The fourth-order valence-corrected chi connectivity index (χ4v) is 6.00. The summed E-state index contributed by atoms with van der Waals surface area (Å²) < 4.78 is 6.73. The van der Waals surface area contributed by atoms with Gasteiger partial charge in [0, 0.05) is 6.10 Å². The van der Waals surface area contributed by atoms with Crippen LogP contribution >= 0.6 is 12.2 Å². The highest BCUT2D eigenvalue weighted by Gasteiger charge is 2.57. The smallest absolute Gasteiger partial charge is 0.0924 e. The lowest BCUT2D eigenvalue weighted by molar-refractivity contribution is -0.135. The largest absolute Gasteiger partial charge is 0.658 e. The van der Waals surface area contributed by atoms with Crippen LogP contribution in [0.4, 0.5) is 0 Å². The summed E-state index contributed by atoms with van der Waals surface area (Å²) in [4.78, 5) is 4.49. The van der Waals surface area contributed by atoms with Crippen LogP contribution in [0.3, 0.4) is 0 Å². The van der Waals surface area contributed by atoms with Crippen molar-refractivity contribution in [1.29, 1.82) is 0 Å². The van der Waals surface area contributed by atoms with E-state index in [1.807, 2.05) is 14.0 Å². The van der Waals surface area contributed by atoms with Crippen LogP contribution in [0, 0.1) is 17.8 Å². The Morgan fingerprint density at radius 2 is 2.00 bits per heavy atom. The molecule has 2 aliphatic carbocycles. The van der Waals surface area contributed by atoms with Gasteiger partial charge in [-0.3, -0.25) is 0 Å². The van der Waals surface area contributed by atoms with Gasteiger partial charge < -0.3 is 15.2 Å². The Morgan fingerprint density at radius 1 is 1.30 bits per heavy atom. The highest BCUT2D eigenvalue weighted by molar-refractivity contribution is 7.78. The van der Waals surface area contributed by atoms with E-state index in [-0.39, 0.29) is 29.2 Å². The number of nitrogens with zero attached hydrogens (tertiary/aromatic N) is 2. The topological polar surface area (TPSA) is 55.9 Å². The van der Waals surface area contributed by atoms with E-state index in [9.17, 15) is 5.11 Å². The highest BCUT2D eigenvalue weighted by Crippen LogP contribution is 2.56. The van der Waals surface area contributed by atoms with Gasteiger partial charge in [-0.1, -0.05) is 26.0 Å². The van der Waals surface area contributed by atoms with Gasteiger partial charge >= 0.3 is 0 Å². The van der Waals surface area contributed by atoms with Gasteiger partial charge in [-0.2, -0.15) is 7.05 Å². The van der Waals surface area contributed by atoms with Crippen LogP contribution in [0.5, 0.6) is 0 Å². The Bertz CT molecular complexity index is 640. The molecule has 7 atom stereocenters. The Hall–Kier alpha value is -0.580. The molecule has 1 N–H and O–H groups in total. The van der Waals surface area contributed by atoms with E-state index in [2.05, 4.69) is 42.8 Å². The average molecular weight is 392 g/mol. The molecule has 0 bridgehead atoms. The molecule has 4 nitrogen and oxygen atoms in total. The van der Waals surface area contributed by atoms with Gasteiger partial charge in [0.1, 0.15) is 0 Å². The first-order valence-corrected chi connectivity index (χ1v) is 10.7. The van der Waals surface area contributed by atoms with E-state index < -0.39 is 5.60 Å². The van der Waals surface area contributed by atoms with Crippen molar-refractivity contribution in [3.8, 4) is 0 Å². The standard InChI is InChI=1S/C22H35N2O2S/c1-14-7-8-16(22(5)12-10-17(26-22)20(2,3)23-6)18-15(14)9-11-21(4,25)19(18)24-13-27/h15-19,25H,1,7-12H2,2-6H3/q-1/t15-,16+,17+,18+,19-,21-,22-/m1/s1. The second-order valence-electron chi connectivity index (χ2n) is 9.88. The van der Waals surface area contributed by atoms with Crippen LogP contribution in [0.15, 0.2) is 17.1 Å². The summed E-state index contributed by atoms with van der Waals surface area (Å²) in [5.41, 5.74) is 0.0476. The molecule has 152 valence electrons. The lowest BCUT2D eigenvalue weighted by atomic mass is 9.55. The second-order valence-corrected chi connectivity index (χ2v) is 10.1. The molecule has 0 spiro atoms. The van der Waals surface area contributed by atoms with Crippen LogP contribution in [0.1, 0.15) is 66.2 Å². The monoisotopic (exact) mass is 391 g/mol. The third kappa shape index (κ3) is 3.70. The van der Waals surface area contributed by atoms with E-state index in [1.54, 1.807) is 0 Å². The van der Waals surface area contributed by atoms with Crippen LogP contribution < -0.4 is 0 Å². The Balaban J connectivity index is 1.94. The molecule has 1 aliphatic heterocycles. The summed E-state index contributed by atoms with van der Waals surface area (Å²) in [7, 11) is 1.88. The zero-order valence-corrected chi connectivity index (χ0v) is 18.3. The third-order valence-electron chi connectivity index (χ3n) is 7.85. The van der Waals surface area contributed by atoms with Crippen molar-refractivity contribution in [3.05, 3.63) is 17.5 Å². The Morgan fingerprint density at radius 3 is 2.63 bits per heavy atom. The van der Waals surface area contributed by atoms with Gasteiger partial charge in [-0.05, 0) is 82.3 Å². The molecule has 1 saturated heterocycles. The van der Waals surface area contributed by atoms with Crippen LogP contribution in [-0.2, 0) is 4.74 Å². The Kier molecular flexibility index (Phi) is 5.75. The summed E-state index contributed by atoms with van der Waals surface area (Å²) in [6, 6.07) is -0.237. The number of allylic oxidation sites excluding steroid dienone is 1. The number of ether oxygens (including phenoxy) is 1. The number of aliphatic imine (C=N–C) groups is 1. The molecular weight excluding hydrogens is 356 g/mol. The minimum absolute atomic E-state index is 0.132. The maximum Gasteiger partial charge on any atom is 0.0924 e. The molecular formula is C22H35N2O2S-. The number of aliphatic hydroxyl groups is 1. The maximum atomic E-state index is 11.1. The molecule has 3 rings (SSSR count). The molecule has 1 heterocycles. The van der Waals surface area contributed by atoms with Crippen LogP contribution in [0.2, 0.25) is 0 Å². The zero-order chi connectivity index (χ0) is 20.0. The first kappa shape index (κ1) is 21.1. The van der Waals surface area contributed by atoms with Crippen LogP contribution in [0.25, 0.3) is 5.32 Å². The molecule has 0 unspecified atom stereocenters. The molecule has 27 heavy (non-hydrogen) atoms. The molecule has 2 saturated carbocycles. The zero-order valence-electron chi connectivity index (χ0n) is 17.5. The van der Waals surface area contributed by atoms with Gasteiger partial charge in [0.15, 0.2) is 0 Å². The van der Waals surface area contributed by atoms with Gasteiger partial charge in [0.05, 0.1) is 22.4 Å². The second kappa shape index (κ2) is 7.35. The van der Waals surface area contributed by atoms with E-state index in [4.69, 9.17) is 17.0 Å². The maximum absolute atomic E-state index is 11.1. The number of rotatable bonds is 4. The normalized spacial score (nSPS) is 45.3. The summed E-state index contributed by atoms with van der Waals surface area (Å²) in [6.45, 7) is 12.8. The summed E-state index contributed by atoms with van der Waals surface area (Å²) in [5, 5.41) is 18.2. The van der Waals surface area contributed by atoms with Crippen molar-refractivity contribution in [2.75, 3.05) is 7.05 Å². The van der Waals surface area contributed by atoms with Crippen LogP contribution in [-0.4, -0.2) is 46.2 Å². The molecule has 3 aliphatic rings. The van der Waals surface area contributed by atoms with E-state index in [0.717, 1.165) is 38.5 Å². The fraction of sp³-hybridized carbons (Fsp3) is 0.864.